The fourth-order valence-corrected chi connectivity index (χ4v) is 1.81. The van der Waals surface area contributed by atoms with Gasteiger partial charge in [-0.2, -0.15) is 13.2 Å². The van der Waals surface area contributed by atoms with E-state index in [0.29, 0.717) is 6.54 Å². The molecular weight excluding hydrogens is 325 g/mol. The Bertz CT molecular complexity index is 475. The third-order valence-electron chi connectivity index (χ3n) is 2.08. The lowest BCUT2D eigenvalue weighted by atomic mass is 10.2. The van der Waals surface area contributed by atoms with Crippen LogP contribution in [-0.4, -0.2) is 19.0 Å². The summed E-state index contributed by atoms with van der Waals surface area (Å²) in [6.45, 7) is 3.91. The second-order valence-electron chi connectivity index (χ2n) is 3.69. The van der Waals surface area contributed by atoms with Gasteiger partial charge in [-0.15, -0.1) is 6.58 Å². The first-order valence-electron chi connectivity index (χ1n) is 5.32. The molecule has 0 heterocycles. The van der Waals surface area contributed by atoms with Crippen LogP contribution in [0.3, 0.4) is 0 Å². The van der Waals surface area contributed by atoms with E-state index >= 15 is 0 Å². The van der Waals surface area contributed by atoms with Gasteiger partial charge in [-0.1, -0.05) is 22.0 Å². The van der Waals surface area contributed by atoms with E-state index in [1.807, 2.05) is 0 Å². The highest BCUT2D eigenvalue weighted by molar-refractivity contribution is 9.10. The molecule has 0 spiro atoms. The lowest BCUT2D eigenvalue weighted by molar-refractivity contribution is -0.137. The molecule has 2 N–H and O–H groups in total. The maximum absolute atomic E-state index is 12.6. The van der Waals surface area contributed by atoms with Gasteiger partial charge < -0.3 is 10.6 Å². The fraction of sp³-hybridized carbons (Fsp3) is 0.250. The fourth-order valence-electron chi connectivity index (χ4n) is 1.32. The highest BCUT2D eigenvalue weighted by atomic mass is 79.9. The van der Waals surface area contributed by atoms with Crippen LogP contribution in [0.1, 0.15) is 5.56 Å². The Kier molecular flexibility index (Phi) is 5.56. The molecule has 1 aromatic rings. The van der Waals surface area contributed by atoms with E-state index < -0.39 is 17.6 Å². The van der Waals surface area contributed by atoms with Crippen LogP contribution in [0.2, 0.25) is 0 Å². The third-order valence-corrected chi connectivity index (χ3v) is 2.54. The van der Waals surface area contributed by atoms with E-state index in [9.17, 15) is 18.0 Å². The number of alkyl halides is 3. The Morgan fingerprint density at radius 1 is 1.37 bits per heavy atom. The molecule has 0 aromatic heterocycles. The summed E-state index contributed by atoms with van der Waals surface area (Å²) in [6.07, 6.45) is -2.88. The molecule has 0 aliphatic heterocycles. The predicted octanol–water partition coefficient (Wildman–Crippen LogP) is 3.18. The number of halogens is 4. The van der Waals surface area contributed by atoms with Crippen molar-refractivity contribution < 1.29 is 18.0 Å². The van der Waals surface area contributed by atoms with Crippen LogP contribution < -0.4 is 10.6 Å². The molecule has 0 aliphatic carbocycles. The minimum Gasteiger partial charge on any atom is -0.325 e. The van der Waals surface area contributed by atoms with Crippen LogP contribution in [0.4, 0.5) is 18.9 Å². The second-order valence-corrected chi connectivity index (χ2v) is 4.61. The van der Waals surface area contributed by atoms with Crippen LogP contribution in [-0.2, 0) is 11.0 Å². The van der Waals surface area contributed by atoms with Gasteiger partial charge in [-0.05, 0) is 18.2 Å². The van der Waals surface area contributed by atoms with Crippen molar-refractivity contribution >= 4 is 27.5 Å². The lowest BCUT2D eigenvalue weighted by Crippen LogP contribution is -2.28. The smallest absolute Gasteiger partial charge is 0.325 e. The van der Waals surface area contributed by atoms with Gasteiger partial charge in [0.15, 0.2) is 0 Å². The molecule has 3 nitrogen and oxygen atoms in total. The van der Waals surface area contributed by atoms with Gasteiger partial charge in [0.05, 0.1) is 12.1 Å². The summed E-state index contributed by atoms with van der Waals surface area (Å²) >= 11 is 2.98. The summed E-state index contributed by atoms with van der Waals surface area (Å²) in [4.78, 5) is 11.5. The minimum absolute atomic E-state index is 0.000115. The summed E-state index contributed by atoms with van der Waals surface area (Å²) in [5.41, 5.74) is -0.733. The largest absolute Gasteiger partial charge is 0.416 e. The van der Waals surface area contributed by atoms with Gasteiger partial charge >= 0.3 is 6.18 Å². The van der Waals surface area contributed by atoms with Gasteiger partial charge in [-0.25, -0.2) is 0 Å². The second kappa shape index (κ2) is 6.72. The Morgan fingerprint density at radius 3 is 2.63 bits per heavy atom. The van der Waals surface area contributed by atoms with Gasteiger partial charge in [0.25, 0.3) is 0 Å². The Labute approximate surface area is 117 Å². The molecule has 0 radical (unpaired) electrons. The molecule has 1 aromatic carbocycles. The molecule has 0 saturated carbocycles. The van der Waals surface area contributed by atoms with Crippen molar-refractivity contribution in [2.45, 2.75) is 6.18 Å². The Morgan fingerprint density at radius 2 is 2.05 bits per heavy atom. The van der Waals surface area contributed by atoms with Crippen molar-refractivity contribution in [2.75, 3.05) is 18.4 Å². The van der Waals surface area contributed by atoms with E-state index in [4.69, 9.17) is 0 Å². The number of hydrogen-bond donors (Lipinski definition) is 2. The topological polar surface area (TPSA) is 41.1 Å². The summed E-state index contributed by atoms with van der Waals surface area (Å²) in [6, 6.07) is 3.24. The number of amides is 1. The van der Waals surface area contributed by atoms with Crippen LogP contribution in [0, 0.1) is 0 Å². The van der Waals surface area contributed by atoms with E-state index in [1.54, 1.807) is 6.08 Å². The zero-order valence-electron chi connectivity index (χ0n) is 9.85. The molecule has 0 fully saturated rings. The first kappa shape index (κ1) is 15.7. The number of rotatable bonds is 5. The van der Waals surface area contributed by atoms with Crippen LogP contribution in [0.25, 0.3) is 0 Å². The molecule has 1 amide bonds. The summed E-state index contributed by atoms with van der Waals surface area (Å²) in [5.74, 6) is -0.423. The predicted molar refractivity (Wildman–Crippen MR) is 70.8 cm³/mol. The lowest BCUT2D eigenvalue weighted by Gasteiger charge is -2.11. The number of nitrogens with one attached hydrogen (secondary N) is 2. The number of benzene rings is 1. The van der Waals surface area contributed by atoms with Gasteiger partial charge in [0.1, 0.15) is 0 Å². The summed E-state index contributed by atoms with van der Waals surface area (Å²) in [7, 11) is 0. The monoisotopic (exact) mass is 336 g/mol. The SMILES string of the molecule is C=CCNCC(=O)Nc1cc(Br)cc(C(F)(F)F)c1. The summed E-state index contributed by atoms with van der Waals surface area (Å²) in [5, 5.41) is 5.14. The number of carbonyl (C=O) groups is 1. The van der Waals surface area contributed by atoms with Crippen molar-refractivity contribution in [3.05, 3.63) is 40.9 Å². The maximum Gasteiger partial charge on any atom is 0.416 e. The van der Waals surface area contributed by atoms with Crippen molar-refractivity contribution in [2.24, 2.45) is 0 Å². The van der Waals surface area contributed by atoms with Gasteiger partial charge in [-0.3, -0.25) is 4.79 Å². The molecule has 0 unspecified atom stereocenters. The molecule has 7 heteroatoms. The van der Waals surface area contributed by atoms with E-state index in [2.05, 4.69) is 33.1 Å². The molecule has 0 atom stereocenters. The van der Waals surface area contributed by atoms with Crippen molar-refractivity contribution in [1.82, 2.24) is 5.32 Å². The molecule has 104 valence electrons. The molecule has 0 saturated heterocycles. The van der Waals surface area contributed by atoms with Crippen LogP contribution in [0.15, 0.2) is 35.3 Å². The summed E-state index contributed by atoms with van der Waals surface area (Å²) < 4.78 is 38.0. The van der Waals surface area contributed by atoms with Gasteiger partial charge in [0, 0.05) is 16.7 Å². The first-order chi connectivity index (χ1) is 8.82. The zero-order valence-corrected chi connectivity index (χ0v) is 11.4. The average molecular weight is 337 g/mol. The highest BCUT2D eigenvalue weighted by Gasteiger charge is 2.31. The normalized spacial score (nSPS) is 11.2. The number of hydrogen-bond acceptors (Lipinski definition) is 2. The van der Waals surface area contributed by atoms with Crippen LogP contribution >= 0.6 is 15.9 Å². The van der Waals surface area contributed by atoms with E-state index in [1.165, 1.54) is 6.07 Å². The highest BCUT2D eigenvalue weighted by Crippen LogP contribution is 2.33. The Balaban J connectivity index is 2.76. The zero-order chi connectivity index (χ0) is 14.5. The Hall–Kier alpha value is -1.34. The van der Waals surface area contributed by atoms with Gasteiger partial charge in [0.2, 0.25) is 5.91 Å². The van der Waals surface area contributed by atoms with Crippen molar-refractivity contribution in [1.29, 1.82) is 0 Å². The molecular formula is C12H12BrF3N2O. The molecule has 0 bridgehead atoms. The average Bonchev–Trinajstić information content (AvgIpc) is 2.27. The molecule has 1 rings (SSSR count). The minimum atomic E-state index is -4.45. The maximum atomic E-state index is 12.6. The molecule has 0 aliphatic rings. The van der Waals surface area contributed by atoms with Crippen molar-refractivity contribution in [3.8, 4) is 0 Å². The number of carbonyl (C=O) groups excluding carboxylic acids is 1. The molecule has 19 heavy (non-hydrogen) atoms. The van der Waals surface area contributed by atoms with E-state index in [-0.39, 0.29) is 16.7 Å². The first-order valence-corrected chi connectivity index (χ1v) is 6.11. The third kappa shape index (κ3) is 5.44. The number of anilines is 1. The van der Waals surface area contributed by atoms with Crippen molar-refractivity contribution in [3.63, 3.8) is 0 Å². The standard InChI is InChI=1S/C12H12BrF3N2O/c1-2-3-17-7-11(19)18-10-5-8(12(14,15)16)4-9(13)6-10/h2,4-6,17H,1,3,7H2,(H,18,19). The van der Waals surface area contributed by atoms with Crippen LogP contribution in [0.5, 0.6) is 0 Å². The van der Waals surface area contributed by atoms with E-state index in [0.717, 1.165) is 12.1 Å². The quantitative estimate of drug-likeness (QED) is 0.640.